The fourth-order valence-corrected chi connectivity index (χ4v) is 3.87. The van der Waals surface area contributed by atoms with E-state index in [0.29, 0.717) is 18.5 Å². The van der Waals surface area contributed by atoms with Crippen molar-refractivity contribution >= 4 is 47.2 Å². The Kier molecular flexibility index (Phi) is 10.5. The van der Waals surface area contributed by atoms with Gasteiger partial charge in [-0.3, -0.25) is 9.69 Å². The van der Waals surface area contributed by atoms with E-state index in [4.69, 9.17) is 0 Å². The van der Waals surface area contributed by atoms with Crippen LogP contribution >= 0.6 is 35.3 Å². The number of hydrogen-bond donors (Lipinski definition) is 2. The molecule has 1 atom stereocenters. The first-order valence-electron chi connectivity index (χ1n) is 9.30. The number of amides is 1. The van der Waals surface area contributed by atoms with E-state index in [1.165, 1.54) is 24.3 Å². The van der Waals surface area contributed by atoms with Crippen LogP contribution in [0.5, 0.6) is 0 Å². The van der Waals surface area contributed by atoms with Crippen LogP contribution in [0.25, 0.3) is 0 Å². The minimum absolute atomic E-state index is 0. The maximum absolute atomic E-state index is 11.9. The lowest BCUT2D eigenvalue weighted by Crippen LogP contribution is -2.45. The molecule has 2 heterocycles. The summed E-state index contributed by atoms with van der Waals surface area (Å²) in [4.78, 5) is 26.2. The summed E-state index contributed by atoms with van der Waals surface area (Å²) >= 11 is 1.69. The van der Waals surface area contributed by atoms with Crippen molar-refractivity contribution in [3.63, 3.8) is 0 Å². The average Bonchev–Trinajstić information content (AvgIpc) is 3.19. The van der Waals surface area contributed by atoms with Gasteiger partial charge in [-0.25, -0.2) is 9.98 Å². The number of rotatable bonds is 7. The Morgan fingerprint density at radius 3 is 2.70 bits per heavy atom. The Balaban J connectivity index is 0.00000364. The first-order chi connectivity index (χ1) is 12.4. The molecule has 1 unspecified atom stereocenters. The number of likely N-dealkylation sites (N-methyl/N-ethyl adjacent to an activating group) is 2. The number of carbonyl (C=O) groups excluding carboxylic acids is 1. The number of aromatic nitrogens is 1. The fourth-order valence-electron chi connectivity index (χ4n) is 2.99. The number of hydrogen-bond acceptors (Lipinski definition) is 5. The van der Waals surface area contributed by atoms with Crippen molar-refractivity contribution < 1.29 is 4.79 Å². The van der Waals surface area contributed by atoms with Crippen LogP contribution in [-0.2, 0) is 11.3 Å². The van der Waals surface area contributed by atoms with E-state index in [1.54, 1.807) is 30.3 Å². The van der Waals surface area contributed by atoms with Gasteiger partial charge in [-0.1, -0.05) is 6.92 Å². The minimum atomic E-state index is -0.0110. The van der Waals surface area contributed by atoms with E-state index in [9.17, 15) is 4.79 Å². The minimum Gasteiger partial charge on any atom is -0.355 e. The molecular formula is C18H33IN6OS. The summed E-state index contributed by atoms with van der Waals surface area (Å²) in [5.41, 5.74) is 1.07. The topological polar surface area (TPSA) is 72.9 Å². The molecule has 0 bridgehead atoms. The van der Waals surface area contributed by atoms with Gasteiger partial charge in [-0.2, -0.15) is 0 Å². The second kappa shape index (κ2) is 11.8. The average molecular weight is 508 g/mol. The number of aliphatic imine (C=N–C) groups is 1. The van der Waals surface area contributed by atoms with Crippen molar-refractivity contribution in [3.05, 3.63) is 15.6 Å². The Labute approximate surface area is 184 Å². The number of aryl methyl sites for hydroxylation is 2. The van der Waals surface area contributed by atoms with Crippen LogP contribution in [0, 0.1) is 13.8 Å². The molecule has 1 aromatic rings. The summed E-state index contributed by atoms with van der Waals surface area (Å²) in [6, 6.07) is 0.529. The predicted molar refractivity (Wildman–Crippen MR) is 123 cm³/mol. The summed E-state index contributed by atoms with van der Waals surface area (Å²) in [6.07, 6.45) is 2.45. The highest BCUT2D eigenvalue weighted by atomic mass is 127. The van der Waals surface area contributed by atoms with Crippen LogP contribution < -0.4 is 10.6 Å². The number of nitrogens with zero attached hydrogens (tertiary/aromatic N) is 4. The molecule has 1 aliphatic rings. The van der Waals surface area contributed by atoms with Gasteiger partial charge in [0.05, 0.1) is 12.2 Å². The van der Waals surface area contributed by atoms with E-state index in [-0.39, 0.29) is 36.4 Å². The molecule has 27 heavy (non-hydrogen) atoms. The lowest BCUT2D eigenvalue weighted by atomic mass is 10.2. The molecule has 0 saturated carbocycles. The molecule has 0 radical (unpaired) electrons. The zero-order chi connectivity index (χ0) is 19.1. The third-order valence-corrected chi connectivity index (χ3v) is 5.83. The zero-order valence-electron chi connectivity index (χ0n) is 17.0. The van der Waals surface area contributed by atoms with E-state index in [0.717, 1.165) is 23.8 Å². The van der Waals surface area contributed by atoms with E-state index in [1.807, 2.05) is 6.92 Å². The van der Waals surface area contributed by atoms with Gasteiger partial charge in [0.1, 0.15) is 11.6 Å². The zero-order valence-corrected chi connectivity index (χ0v) is 20.2. The first kappa shape index (κ1) is 24.1. The fraction of sp³-hybridized carbons (Fsp3) is 0.722. The highest BCUT2D eigenvalue weighted by molar-refractivity contribution is 14.0. The SMILES string of the molecule is CCN1CCCC1CNC(=NCC(=O)N(C)C)NCc1nc(C)c(C)s1.I. The van der Waals surface area contributed by atoms with E-state index < -0.39 is 0 Å². The number of carbonyl (C=O) groups is 1. The molecule has 0 aromatic carbocycles. The molecule has 1 amide bonds. The summed E-state index contributed by atoms with van der Waals surface area (Å²) < 4.78 is 0. The molecule has 1 fully saturated rings. The number of guanidine groups is 1. The van der Waals surface area contributed by atoms with Gasteiger partial charge in [-0.05, 0) is 39.8 Å². The summed E-state index contributed by atoms with van der Waals surface area (Å²) in [6.45, 7) is 10.1. The highest BCUT2D eigenvalue weighted by Gasteiger charge is 2.22. The van der Waals surface area contributed by atoms with Crippen molar-refractivity contribution in [2.24, 2.45) is 4.99 Å². The van der Waals surface area contributed by atoms with Gasteiger partial charge in [0, 0.05) is 31.6 Å². The third kappa shape index (κ3) is 7.53. The van der Waals surface area contributed by atoms with Crippen LogP contribution in [0.2, 0.25) is 0 Å². The Bertz CT molecular complexity index is 614. The standard InChI is InChI=1S/C18H32N6OS.HI/c1-6-24-9-7-8-15(24)10-19-18(21-12-17(25)23(4)5)20-11-16-22-13(2)14(3)26-16;/h15H,6-12H2,1-5H3,(H2,19,20,21);1H. The van der Waals surface area contributed by atoms with E-state index >= 15 is 0 Å². The molecule has 9 heteroatoms. The van der Waals surface area contributed by atoms with Crippen molar-refractivity contribution in [2.75, 3.05) is 40.3 Å². The second-order valence-electron chi connectivity index (χ2n) is 6.86. The number of likely N-dealkylation sites (tertiary alicyclic amines) is 1. The summed E-state index contributed by atoms with van der Waals surface area (Å²) in [5, 5.41) is 7.77. The van der Waals surface area contributed by atoms with Gasteiger partial charge in [0.15, 0.2) is 5.96 Å². The normalized spacial score (nSPS) is 17.5. The maximum atomic E-state index is 11.9. The summed E-state index contributed by atoms with van der Waals surface area (Å²) in [7, 11) is 3.49. The number of halogens is 1. The lowest BCUT2D eigenvalue weighted by molar-refractivity contribution is -0.127. The molecule has 2 rings (SSSR count). The Morgan fingerprint density at radius 2 is 2.11 bits per heavy atom. The first-order valence-corrected chi connectivity index (χ1v) is 10.1. The van der Waals surface area contributed by atoms with Crippen LogP contribution in [0.1, 0.15) is 35.3 Å². The number of thiazole rings is 1. The molecule has 1 aromatic heterocycles. The van der Waals surface area contributed by atoms with Crippen LogP contribution in [0.3, 0.4) is 0 Å². The van der Waals surface area contributed by atoms with E-state index in [2.05, 4.69) is 39.4 Å². The smallest absolute Gasteiger partial charge is 0.243 e. The summed E-state index contributed by atoms with van der Waals surface area (Å²) in [5.74, 6) is 0.664. The van der Waals surface area contributed by atoms with Crippen molar-refractivity contribution in [3.8, 4) is 0 Å². The Hall–Kier alpha value is -0.940. The lowest BCUT2D eigenvalue weighted by Gasteiger charge is -2.24. The van der Waals surface area contributed by atoms with Gasteiger partial charge in [-0.15, -0.1) is 35.3 Å². The third-order valence-electron chi connectivity index (χ3n) is 4.76. The molecule has 7 nitrogen and oxygen atoms in total. The molecule has 2 N–H and O–H groups in total. The maximum Gasteiger partial charge on any atom is 0.243 e. The van der Waals surface area contributed by atoms with Crippen LogP contribution in [-0.4, -0.2) is 73.0 Å². The quantitative estimate of drug-likeness (QED) is 0.335. The largest absolute Gasteiger partial charge is 0.355 e. The second-order valence-corrected chi connectivity index (χ2v) is 8.15. The molecule has 154 valence electrons. The predicted octanol–water partition coefficient (Wildman–Crippen LogP) is 1.99. The highest BCUT2D eigenvalue weighted by Crippen LogP contribution is 2.16. The number of nitrogens with one attached hydrogen (secondary N) is 2. The monoisotopic (exact) mass is 508 g/mol. The molecular weight excluding hydrogens is 475 g/mol. The van der Waals surface area contributed by atoms with Crippen LogP contribution in [0.4, 0.5) is 0 Å². The van der Waals surface area contributed by atoms with Gasteiger partial charge in [0.25, 0.3) is 0 Å². The van der Waals surface area contributed by atoms with Crippen molar-refractivity contribution in [1.29, 1.82) is 0 Å². The van der Waals surface area contributed by atoms with Crippen molar-refractivity contribution in [1.82, 2.24) is 25.4 Å². The molecule has 0 aliphatic carbocycles. The molecule has 0 spiro atoms. The Morgan fingerprint density at radius 1 is 1.37 bits per heavy atom. The molecule has 1 saturated heterocycles. The van der Waals surface area contributed by atoms with Gasteiger partial charge < -0.3 is 15.5 Å². The van der Waals surface area contributed by atoms with Gasteiger partial charge >= 0.3 is 0 Å². The van der Waals surface area contributed by atoms with Crippen molar-refractivity contribution in [2.45, 2.75) is 46.2 Å². The molecule has 1 aliphatic heterocycles. The van der Waals surface area contributed by atoms with Gasteiger partial charge in [0.2, 0.25) is 5.91 Å². The van der Waals surface area contributed by atoms with Crippen LogP contribution in [0.15, 0.2) is 4.99 Å².